The summed E-state index contributed by atoms with van der Waals surface area (Å²) in [6, 6.07) is 3.56. The molecule has 0 spiro atoms. The molecule has 0 saturated carbocycles. The quantitative estimate of drug-likeness (QED) is 0.671. The zero-order valence-corrected chi connectivity index (χ0v) is 8.63. The van der Waals surface area contributed by atoms with E-state index < -0.39 is 0 Å². The fourth-order valence-electron chi connectivity index (χ4n) is 1.31. The van der Waals surface area contributed by atoms with Crippen LogP contribution in [0.5, 0.6) is 0 Å². The Morgan fingerprint density at radius 1 is 1.47 bits per heavy atom. The van der Waals surface area contributed by atoms with Gasteiger partial charge >= 0.3 is 0 Å². The van der Waals surface area contributed by atoms with Gasteiger partial charge in [0.25, 0.3) is 0 Å². The van der Waals surface area contributed by atoms with Gasteiger partial charge in [0.1, 0.15) is 5.82 Å². The first-order chi connectivity index (χ1) is 7.31. The Balaban J connectivity index is 2.83. The van der Waals surface area contributed by atoms with E-state index in [-0.39, 0.29) is 13.2 Å². The van der Waals surface area contributed by atoms with E-state index in [1.165, 1.54) is 0 Å². The molecule has 0 bridgehead atoms. The Hall–Kier alpha value is -1.39. The molecule has 1 aromatic heterocycles. The summed E-state index contributed by atoms with van der Waals surface area (Å²) in [5.41, 5.74) is 0.812. The van der Waals surface area contributed by atoms with Crippen LogP contribution in [0, 0.1) is 0 Å². The Morgan fingerprint density at radius 3 is 2.87 bits per heavy atom. The summed E-state index contributed by atoms with van der Waals surface area (Å²) in [5, 5.41) is 17.9. The van der Waals surface area contributed by atoms with Crippen LogP contribution in [0.15, 0.2) is 31.0 Å². The number of aliphatic hydroxyl groups is 2. The molecule has 0 aliphatic carbocycles. The van der Waals surface area contributed by atoms with Gasteiger partial charge in [-0.3, -0.25) is 0 Å². The molecule has 2 N–H and O–H groups in total. The summed E-state index contributed by atoms with van der Waals surface area (Å²) < 4.78 is 0. The van der Waals surface area contributed by atoms with Crippen molar-refractivity contribution in [3.63, 3.8) is 0 Å². The maximum Gasteiger partial charge on any atom is 0.129 e. The second-order valence-corrected chi connectivity index (χ2v) is 3.14. The Labute approximate surface area is 89.5 Å². The highest BCUT2D eigenvalue weighted by Crippen LogP contribution is 2.12. The first kappa shape index (κ1) is 11.7. The second kappa shape index (κ2) is 6.16. The third kappa shape index (κ3) is 3.34. The van der Waals surface area contributed by atoms with Gasteiger partial charge in [-0.2, -0.15) is 0 Å². The predicted molar refractivity (Wildman–Crippen MR) is 59.7 cm³/mol. The van der Waals surface area contributed by atoms with E-state index in [2.05, 4.69) is 11.6 Å². The predicted octanol–water partition coefficient (Wildman–Crippen LogP) is 0.559. The van der Waals surface area contributed by atoms with Gasteiger partial charge in [-0.25, -0.2) is 4.98 Å². The summed E-state index contributed by atoms with van der Waals surface area (Å²) in [6.07, 6.45) is 3.40. The van der Waals surface area contributed by atoms with E-state index >= 15 is 0 Å². The second-order valence-electron chi connectivity index (χ2n) is 3.14. The van der Waals surface area contributed by atoms with E-state index in [1.54, 1.807) is 24.4 Å². The third-order valence-electron chi connectivity index (χ3n) is 2.04. The summed E-state index contributed by atoms with van der Waals surface area (Å²) in [5.74, 6) is 0.746. The molecule has 0 aliphatic heterocycles. The number of aromatic nitrogens is 1. The molecule has 0 aliphatic rings. The van der Waals surface area contributed by atoms with Gasteiger partial charge in [0.05, 0.1) is 13.2 Å². The SMILES string of the molecule is C=CCN(CCO)c1cc(CO)ccn1. The van der Waals surface area contributed by atoms with Crippen molar-refractivity contribution in [1.82, 2.24) is 4.98 Å². The number of pyridine rings is 1. The van der Waals surface area contributed by atoms with Crippen LogP contribution in [0.25, 0.3) is 0 Å². The first-order valence-electron chi connectivity index (χ1n) is 4.84. The van der Waals surface area contributed by atoms with Crippen molar-refractivity contribution >= 4 is 5.82 Å². The number of hydrogen-bond donors (Lipinski definition) is 2. The summed E-state index contributed by atoms with van der Waals surface area (Å²) in [6.45, 7) is 4.85. The lowest BCUT2D eigenvalue weighted by Crippen LogP contribution is -2.27. The largest absolute Gasteiger partial charge is 0.395 e. The van der Waals surface area contributed by atoms with Crippen LogP contribution in [0.2, 0.25) is 0 Å². The molecule has 0 atom stereocenters. The molecule has 1 heterocycles. The molecule has 82 valence electrons. The van der Waals surface area contributed by atoms with Gasteiger partial charge in [0.2, 0.25) is 0 Å². The number of nitrogens with zero attached hydrogens (tertiary/aromatic N) is 2. The zero-order valence-electron chi connectivity index (χ0n) is 8.63. The van der Waals surface area contributed by atoms with Crippen molar-refractivity contribution in [3.8, 4) is 0 Å². The summed E-state index contributed by atoms with van der Waals surface area (Å²) in [7, 11) is 0. The van der Waals surface area contributed by atoms with E-state index in [4.69, 9.17) is 10.2 Å². The number of anilines is 1. The van der Waals surface area contributed by atoms with Gasteiger partial charge in [-0.15, -0.1) is 6.58 Å². The van der Waals surface area contributed by atoms with Gasteiger partial charge in [-0.05, 0) is 17.7 Å². The van der Waals surface area contributed by atoms with Crippen molar-refractivity contribution in [1.29, 1.82) is 0 Å². The van der Waals surface area contributed by atoms with Crippen molar-refractivity contribution in [3.05, 3.63) is 36.5 Å². The van der Waals surface area contributed by atoms with E-state index in [0.29, 0.717) is 13.1 Å². The lowest BCUT2D eigenvalue weighted by atomic mass is 10.2. The summed E-state index contributed by atoms with van der Waals surface area (Å²) >= 11 is 0. The molecule has 1 rings (SSSR count). The van der Waals surface area contributed by atoms with E-state index in [1.807, 2.05) is 4.90 Å². The maximum atomic E-state index is 8.99. The molecule has 0 amide bonds. The summed E-state index contributed by atoms with van der Waals surface area (Å²) in [4.78, 5) is 6.08. The fourth-order valence-corrected chi connectivity index (χ4v) is 1.31. The number of rotatable bonds is 6. The van der Waals surface area contributed by atoms with E-state index in [9.17, 15) is 0 Å². The molecule has 4 heteroatoms. The van der Waals surface area contributed by atoms with Crippen LogP contribution in [0.1, 0.15) is 5.56 Å². The van der Waals surface area contributed by atoms with Gasteiger partial charge in [0.15, 0.2) is 0 Å². The van der Waals surface area contributed by atoms with Crippen molar-refractivity contribution < 1.29 is 10.2 Å². The minimum absolute atomic E-state index is 0.00340. The van der Waals surface area contributed by atoms with Gasteiger partial charge < -0.3 is 15.1 Å². The lowest BCUT2D eigenvalue weighted by Gasteiger charge is -2.21. The molecule has 15 heavy (non-hydrogen) atoms. The molecular weight excluding hydrogens is 192 g/mol. The molecule has 0 fully saturated rings. The minimum Gasteiger partial charge on any atom is -0.395 e. The van der Waals surface area contributed by atoms with Gasteiger partial charge in [-0.1, -0.05) is 6.08 Å². The van der Waals surface area contributed by atoms with Crippen LogP contribution < -0.4 is 4.90 Å². The Morgan fingerprint density at radius 2 is 2.27 bits per heavy atom. The molecule has 4 nitrogen and oxygen atoms in total. The zero-order chi connectivity index (χ0) is 11.1. The molecular formula is C11H16N2O2. The van der Waals surface area contributed by atoms with Crippen LogP contribution >= 0.6 is 0 Å². The highest BCUT2D eigenvalue weighted by molar-refractivity contribution is 5.41. The van der Waals surface area contributed by atoms with Crippen molar-refractivity contribution in [2.75, 3.05) is 24.6 Å². The molecule has 1 aromatic rings. The third-order valence-corrected chi connectivity index (χ3v) is 2.04. The van der Waals surface area contributed by atoms with Gasteiger partial charge in [0, 0.05) is 19.3 Å². The lowest BCUT2D eigenvalue weighted by molar-refractivity contribution is 0.281. The molecule has 0 aromatic carbocycles. The van der Waals surface area contributed by atoms with Crippen molar-refractivity contribution in [2.24, 2.45) is 0 Å². The maximum absolute atomic E-state index is 8.99. The Bertz CT molecular complexity index is 315. The van der Waals surface area contributed by atoms with Crippen LogP contribution in [0.3, 0.4) is 0 Å². The monoisotopic (exact) mass is 208 g/mol. The molecule has 0 radical (unpaired) electrons. The van der Waals surface area contributed by atoms with Crippen LogP contribution in [-0.2, 0) is 6.61 Å². The van der Waals surface area contributed by atoms with Crippen molar-refractivity contribution in [2.45, 2.75) is 6.61 Å². The normalized spacial score (nSPS) is 10.0. The average molecular weight is 208 g/mol. The molecule has 0 saturated heterocycles. The highest BCUT2D eigenvalue weighted by atomic mass is 16.3. The fraction of sp³-hybridized carbons (Fsp3) is 0.364. The Kier molecular flexibility index (Phi) is 4.80. The molecule has 0 unspecified atom stereocenters. The standard InChI is InChI=1S/C11H16N2O2/c1-2-5-13(6-7-14)11-8-10(9-15)3-4-12-11/h2-4,8,14-15H,1,5-7,9H2. The number of aliphatic hydroxyl groups excluding tert-OH is 2. The van der Waals surface area contributed by atoms with Crippen LogP contribution in [0.4, 0.5) is 5.82 Å². The van der Waals surface area contributed by atoms with Crippen LogP contribution in [-0.4, -0.2) is 34.9 Å². The minimum atomic E-state index is -0.00340. The topological polar surface area (TPSA) is 56.6 Å². The first-order valence-corrected chi connectivity index (χ1v) is 4.84. The number of hydrogen-bond acceptors (Lipinski definition) is 4. The highest BCUT2D eigenvalue weighted by Gasteiger charge is 2.05. The smallest absolute Gasteiger partial charge is 0.129 e. The average Bonchev–Trinajstić information content (AvgIpc) is 2.29. The van der Waals surface area contributed by atoms with E-state index in [0.717, 1.165) is 11.4 Å².